The van der Waals surface area contributed by atoms with E-state index in [4.69, 9.17) is 9.47 Å². The van der Waals surface area contributed by atoms with Gasteiger partial charge in [-0.1, -0.05) is 30.3 Å². The summed E-state index contributed by atoms with van der Waals surface area (Å²) in [7, 11) is 1.35. The second kappa shape index (κ2) is 6.72. The molecule has 0 N–H and O–H groups in total. The van der Waals surface area contributed by atoms with E-state index in [2.05, 4.69) is 15.9 Å². The largest absolute Gasteiger partial charge is 0.465 e. The van der Waals surface area contributed by atoms with E-state index in [1.165, 1.54) is 18.4 Å². The van der Waals surface area contributed by atoms with E-state index in [1.54, 1.807) is 4.90 Å². The van der Waals surface area contributed by atoms with Crippen LogP contribution in [0, 0.1) is 0 Å². The number of thiophene rings is 1. The van der Waals surface area contributed by atoms with Crippen molar-refractivity contribution in [2.24, 2.45) is 0 Å². The number of esters is 1. The molecule has 3 rings (SSSR count). The van der Waals surface area contributed by atoms with E-state index >= 15 is 0 Å². The molecule has 0 aliphatic carbocycles. The highest BCUT2D eigenvalue weighted by atomic mass is 79.9. The van der Waals surface area contributed by atoms with Crippen molar-refractivity contribution in [3.63, 3.8) is 0 Å². The van der Waals surface area contributed by atoms with Crippen molar-refractivity contribution in [2.45, 2.75) is 19.7 Å². The third kappa shape index (κ3) is 3.25. The third-order valence-corrected chi connectivity index (χ3v) is 5.88. The van der Waals surface area contributed by atoms with Crippen LogP contribution in [0.15, 0.2) is 34.8 Å². The van der Waals surface area contributed by atoms with Gasteiger partial charge >= 0.3 is 12.1 Å². The lowest BCUT2D eigenvalue weighted by atomic mass is 10.2. The number of methoxy groups -OCH3 is 1. The molecule has 0 saturated heterocycles. The lowest BCUT2D eigenvalue weighted by Gasteiger charge is -2.15. The third-order valence-electron chi connectivity index (χ3n) is 3.54. The molecule has 1 aromatic heterocycles. The van der Waals surface area contributed by atoms with Gasteiger partial charge in [0.2, 0.25) is 0 Å². The number of ether oxygens (including phenoxy) is 2. The van der Waals surface area contributed by atoms with Gasteiger partial charge in [0.25, 0.3) is 0 Å². The Morgan fingerprint density at radius 3 is 2.65 bits per heavy atom. The first-order chi connectivity index (χ1) is 11.1. The highest BCUT2D eigenvalue weighted by Gasteiger charge is 2.31. The lowest BCUT2D eigenvalue weighted by Crippen LogP contribution is -2.26. The van der Waals surface area contributed by atoms with Crippen LogP contribution in [-0.2, 0) is 29.2 Å². The van der Waals surface area contributed by atoms with Crippen LogP contribution in [0.4, 0.5) is 4.79 Å². The Balaban J connectivity index is 1.63. The molecule has 1 amide bonds. The maximum absolute atomic E-state index is 12.2. The van der Waals surface area contributed by atoms with E-state index in [1.807, 2.05) is 30.3 Å². The van der Waals surface area contributed by atoms with Gasteiger partial charge in [0.15, 0.2) is 0 Å². The first-order valence-corrected chi connectivity index (χ1v) is 8.55. The molecule has 1 aromatic carbocycles. The summed E-state index contributed by atoms with van der Waals surface area (Å²) in [6, 6.07) is 9.55. The van der Waals surface area contributed by atoms with E-state index in [0.29, 0.717) is 22.4 Å². The van der Waals surface area contributed by atoms with Crippen LogP contribution in [0.2, 0.25) is 0 Å². The van der Waals surface area contributed by atoms with Crippen LogP contribution in [0.5, 0.6) is 0 Å². The van der Waals surface area contributed by atoms with Crippen molar-refractivity contribution < 1.29 is 19.1 Å². The highest BCUT2D eigenvalue weighted by molar-refractivity contribution is 9.10. The standard InChI is InChI=1S/C16H14BrNO4S/c1-21-15(19)14-13(17)11-7-18(8-12(11)23-14)16(20)22-9-10-5-3-2-4-6-10/h2-6H,7-9H2,1H3. The van der Waals surface area contributed by atoms with Crippen LogP contribution in [0.1, 0.15) is 25.7 Å². The monoisotopic (exact) mass is 395 g/mol. The zero-order valence-electron chi connectivity index (χ0n) is 12.4. The topological polar surface area (TPSA) is 55.8 Å². The molecular weight excluding hydrogens is 382 g/mol. The molecule has 23 heavy (non-hydrogen) atoms. The summed E-state index contributed by atoms with van der Waals surface area (Å²) in [5.74, 6) is -0.366. The molecule has 120 valence electrons. The predicted molar refractivity (Wildman–Crippen MR) is 89.2 cm³/mol. The molecule has 0 fully saturated rings. The number of halogens is 1. The molecule has 0 atom stereocenters. The number of hydrogen-bond donors (Lipinski definition) is 0. The van der Waals surface area contributed by atoms with Gasteiger partial charge in [-0.2, -0.15) is 0 Å². The average Bonchev–Trinajstić information content (AvgIpc) is 3.13. The molecule has 0 spiro atoms. The first-order valence-electron chi connectivity index (χ1n) is 6.94. The van der Waals surface area contributed by atoms with Gasteiger partial charge in [0, 0.05) is 14.9 Å². The van der Waals surface area contributed by atoms with Crippen LogP contribution < -0.4 is 0 Å². The van der Waals surface area contributed by atoms with Crippen LogP contribution in [0.25, 0.3) is 0 Å². The molecule has 0 radical (unpaired) electrons. The summed E-state index contributed by atoms with van der Waals surface area (Å²) < 4.78 is 10.8. The number of benzene rings is 1. The second-order valence-electron chi connectivity index (χ2n) is 5.03. The summed E-state index contributed by atoms with van der Waals surface area (Å²) in [4.78, 5) is 27.0. The van der Waals surface area contributed by atoms with Gasteiger partial charge < -0.3 is 9.47 Å². The molecule has 2 heterocycles. The molecular formula is C16H14BrNO4S. The smallest absolute Gasteiger partial charge is 0.410 e. The molecule has 0 saturated carbocycles. The fourth-order valence-corrected chi connectivity index (χ4v) is 4.39. The number of amides is 1. The number of carbonyl (C=O) groups is 2. The van der Waals surface area contributed by atoms with Crippen LogP contribution in [0.3, 0.4) is 0 Å². The first kappa shape index (κ1) is 16.0. The van der Waals surface area contributed by atoms with Crippen molar-refractivity contribution in [3.05, 3.63) is 55.7 Å². The summed E-state index contributed by atoms with van der Waals surface area (Å²) >= 11 is 4.77. The molecule has 0 unspecified atom stereocenters. The maximum atomic E-state index is 12.2. The number of carbonyl (C=O) groups excluding carboxylic acids is 2. The summed E-state index contributed by atoms with van der Waals surface area (Å²) in [5.41, 5.74) is 1.90. The van der Waals surface area contributed by atoms with Gasteiger partial charge in [-0.05, 0) is 21.5 Å². The molecule has 0 bridgehead atoms. The van der Waals surface area contributed by atoms with Gasteiger partial charge in [-0.15, -0.1) is 11.3 Å². The zero-order chi connectivity index (χ0) is 16.4. The highest BCUT2D eigenvalue weighted by Crippen LogP contribution is 2.39. The summed E-state index contributed by atoms with van der Waals surface area (Å²) in [6.07, 6.45) is -0.358. The summed E-state index contributed by atoms with van der Waals surface area (Å²) in [6.45, 7) is 1.12. The fraction of sp³-hybridized carbons (Fsp3) is 0.250. The van der Waals surface area contributed by atoms with E-state index in [0.717, 1.165) is 16.0 Å². The Morgan fingerprint density at radius 1 is 1.26 bits per heavy atom. The summed E-state index contributed by atoms with van der Waals surface area (Å²) in [5, 5.41) is 0. The number of rotatable bonds is 3. The lowest BCUT2D eigenvalue weighted by molar-refractivity contribution is 0.0605. The fourth-order valence-electron chi connectivity index (χ4n) is 2.36. The number of nitrogens with zero attached hydrogens (tertiary/aromatic N) is 1. The minimum Gasteiger partial charge on any atom is -0.465 e. The van der Waals surface area contributed by atoms with Gasteiger partial charge in [0.1, 0.15) is 11.5 Å². The van der Waals surface area contributed by atoms with E-state index < -0.39 is 0 Å². The SMILES string of the molecule is COC(=O)c1sc2c(c1Br)CN(C(=O)OCc1ccccc1)C2. The molecule has 1 aliphatic heterocycles. The van der Waals surface area contributed by atoms with Gasteiger partial charge in [0.05, 0.1) is 20.2 Å². The van der Waals surface area contributed by atoms with Crippen molar-refractivity contribution in [2.75, 3.05) is 7.11 Å². The second-order valence-corrected chi connectivity index (χ2v) is 6.93. The maximum Gasteiger partial charge on any atom is 0.410 e. The molecule has 2 aromatic rings. The number of fused-ring (bicyclic) bond motifs is 1. The van der Waals surface area contributed by atoms with Gasteiger partial charge in [-0.3, -0.25) is 4.90 Å². The normalized spacial score (nSPS) is 12.9. The molecule has 1 aliphatic rings. The van der Waals surface area contributed by atoms with Gasteiger partial charge in [-0.25, -0.2) is 9.59 Å². The van der Waals surface area contributed by atoms with Crippen LogP contribution >= 0.6 is 27.3 Å². The Morgan fingerprint density at radius 2 is 2.00 bits per heavy atom. The Hall–Kier alpha value is -1.86. The van der Waals surface area contributed by atoms with Crippen molar-refractivity contribution >= 4 is 39.3 Å². The Kier molecular flexibility index (Phi) is 4.68. The van der Waals surface area contributed by atoms with E-state index in [9.17, 15) is 9.59 Å². The predicted octanol–water partition coefficient (Wildman–Crippen LogP) is 3.95. The quantitative estimate of drug-likeness (QED) is 0.738. The Labute approximate surface area is 145 Å². The molecule has 7 heteroatoms. The molecule has 5 nitrogen and oxygen atoms in total. The van der Waals surface area contributed by atoms with E-state index in [-0.39, 0.29) is 18.7 Å². The number of hydrogen-bond acceptors (Lipinski definition) is 5. The average molecular weight is 396 g/mol. The Bertz CT molecular complexity index is 744. The van der Waals surface area contributed by atoms with Crippen molar-refractivity contribution in [3.8, 4) is 0 Å². The minimum atomic E-state index is -0.366. The van der Waals surface area contributed by atoms with Crippen molar-refractivity contribution in [1.82, 2.24) is 4.90 Å². The minimum absolute atomic E-state index is 0.248. The van der Waals surface area contributed by atoms with Crippen LogP contribution in [-0.4, -0.2) is 24.1 Å². The zero-order valence-corrected chi connectivity index (χ0v) is 14.8. The van der Waals surface area contributed by atoms with Crippen molar-refractivity contribution in [1.29, 1.82) is 0 Å².